The molecule has 0 radical (unpaired) electrons. The van der Waals surface area contributed by atoms with Gasteiger partial charge >= 0.3 is 0 Å². The maximum Gasteiger partial charge on any atom is 0.252 e. The average Bonchev–Trinajstić information content (AvgIpc) is 3.56. The summed E-state index contributed by atoms with van der Waals surface area (Å²) in [5.74, 6) is 2.25. The molecule has 1 aliphatic rings. The third-order valence-electron chi connectivity index (χ3n) is 9.01. The van der Waals surface area contributed by atoms with Gasteiger partial charge in [0.25, 0.3) is 5.91 Å². The number of hydrogen-bond acceptors (Lipinski definition) is 7. The van der Waals surface area contributed by atoms with Crippen LogP contribution in [0.25, 0.3) is 32.4 Å². The summed E-state index contributed by atoms with van der Waals surface area (Å²) in [6.07, 6.45) is 1.84. The lowest BCUT2D eigenvalue weighted by Crippen LogP contribution is -2.51. The van der Waals surface area contributed by atoms with Crippen molar-refractivity contribution in [1.82, 2.24) is 15.2 Å². The quantitative estimate of drug-likeness (QED) is 0.158. The molecule has 0 aliphatic carbocycles. The molecule has 0 bridgehead atoms. The van der Waals surface area contributed by atoms with Crippen molar-refractivity contribution in [3.8, 4) is 23.0 Å². The zero-order valence-electron chi connectivity index (χ0n) is 27.0. The van der Waals surface area contributed by atoms with Gasteiger partial charge in [0.2, 0.25) is 6.79 Å². The van der Waals surface area contributed by atoms with E-state index in [1.54, 1.807) is 14.2 Å². The van der Waals surface area contributed by atoms with Crippen molar-refractivity contribution >= 4 is 38.4 Å². The minimum atomic E-state index is -0.386. The summed E-state index contributed by atoms with van der Waals surface area (Å²) in [4.78, 5) is 21.5. The average molecular weight is 628 g/mol. The Morgan fingerprint density at radius 2 is 1.34 bits per heavy atom. The molecule has 2 heterocycles. The van der Waals surface area contributed by atoms with E-state index < -0.39 is 0 Å². The first-order valence-electron chi connectivity index (χ1n) is 15.7. The number of methoxy groups -OCH3 is 2. The van der Waals surface area contributed by atoms with Crippen LogP contribution in [0.2, 0.25) is 0 Å². The number of carbonyl (C=O) groups excluding carboxylic acids is 1. The van der Waals surface area contributed by atoms with Crippen molar-refractivity contribution in [2.45, 2.75) is 32.5 Å². The van der Waals surface area contributed by atoms with Crippen LogP contribution in [0.3, 0.4) is 0 Å². The third-order valence-corrected chi connectivity index (χ3v) is 9.01. The van der Waals surface area contributed by atoms with E-state index in [1.807, 2.05) is 48.7 Å². The molecule has 1 amide bonds. The van der Waals surface area contributed by atoms with Crippen LogP contribution in [0.4, 0.5) is 0 Å². The number of pyridine rings is 1. The van der Waals surface area contributed by atoms with Crippen molar-refractivity contribution in [1.29, 1.82) is 0 Å². The minimum Gasteiger partial charge on any atom is -0.493 e. The number of rotatable bonds is 10. The first-order chi connectivity index (χ1) is 22.8. The van der Waals surface area contributed by atoms with Crippen LogP contribution in [-0.4, -0.2) is 48.9 Å². The summed E-state index contributed by atoms with van der Waals surface area (Å²) in [5, 5.41) is 7.52. The lowest BCUT2D eigenvalue weighted by molar-refractivity contribution is 0.0818. The third kappa shape index (κ3) is 5.88. The summed E-state index contributed by atoms with van der Waals surface area (Å²) in [5.41, 5.74) is 3.33. The van der Waals surface area contributed by atoms with Crippen LogP contribution in [0.1, 0.15) is 35.3 Å². The molecular formula is C39H37N3O5. The van der Waals surface area contributed by atoms with Crippen molar-refractivity contribution in [2.24, 2.45) is 0 Å². The van der Waals surface area contributed by atoms with Gasteiger partial charge in [-0.05, 0) is 65.4 Å². The summed E-state index contributed by atoms with van der Waals surface area (Å²) >= 11 is 0. The number of ether oxygens (including phenoxy) is 4. The molecule has 0 saturated heterocycles. The predicted molar refractivity (Wildman–Crippen MR) is 185 cm³/mol. The number of benzene rings is 5. The standard InChI is InChI=1S/C39H37N3O5/c1-39(2,42(21-25-11-7-5-8-12-25)22-26-13-9-6-10-14-26)23-41-38(43)31-15-27-30-18-36-37(47-24-46-36)19-33(30)40-20-32(27)29-17-35(45-4)34(44-3)16-28(29)31/h5-20H,21-24H2,1-4H3,(H,41,43). The molecule has 8 heteroatoms. The molecule has 0 saturated carbocycles. The molecule has 6 aromatic rings. The minimum absolute atomic E-state index is 0.165. The molecule has 1 aromatic heterocycles. The van der Waals surface area contributed by atoms with Crippen LogP contribution < -0.4 is 24.3 Å². The number of hydrogen-bond donors (Lipinski definition) is 1. The van der Waals surface area contributed by atoms with E-state index in [1.165, 1.54) is 11.1 Å². The highest BCUT2D eigenvalue weighted by Gasteiger charge is 2.29. The van der Waals surface area contributed by atoms with Gasteiger partial charge < -0.3 is 24.3 Å². The molecule has 1 N–H and O–H groups in total. The Morgan fingerprint density at radius 3 is 1.96 bits per heavy atom. The van der Waals surface area contributed by atoms with E-state index in [0.29, 0.717) is 35.1 Å². The zero-order valence-corrected chi connectivity index (χ0v) is 27.0. The van der Waals surface area contributed by atoms with Gasteiger partial charge in [0.05, 0.1) is 19.7 Å². The van der Waals surface area contributed by atoms with E-state index in [-0.39, 0.29) is 18.2 Å². The van der Waals surface area contributed by atoms with Crippen LogP contribution in [0.15, 0.2) is 97.2 Å². The van der Waals surface area contributed by atoms with E-state index in [2.05, 4.69) is 72.6 Å². The SMILES string of the molecule is COc1cc2c(C(=O)NCC(C)(C)N(Cc3ccccc3)Cc3ccccc3)cc3c4cc5c(cc4ncc3c2cc1OC)OCO5. The molecule has 1 aliphatic heterocycles. The second-order valence-corrected chi connectivity index (χ2v) is 12.4. The fourth-order valence-corrected chi connectivity index (χ4v) is 6.30. The van der Waals surface area contributed by atoms with Crippen molar-refractivity contribution in [2.75, 3.05) is 27.6 Å². The lowest BCUT2D eigenvalue weighted by atomic mass is 9.94. The smallest absolute Gasteiger partial charge is 0.252 e. The molecule has 0 atom stereocenters. The maximum absolute atomic E-state index is 14.3. The highest BCUT2D eigenvalue weighted by atomic mass is 16.7. The van der Waals surface area contributed by atoms with Gasteiger partial charge in [-0.3, -0.25) is 14.7 Å². The molecule has 0 spiro atoms. The summed E-state index contributed by atoms with van der Waals surface area (Å²) in [6, 6.07) is 30.4. The number of aromatic nitrogens is 1. The van der Waals surface area contributed by atoms with Crippen LogP contribution in [0.5, 0.6) is 23.0 Å². The zero-order chi connectivity index (χ0) is 32.5. The molecule has 47 heavy (non-hydrogen) atoms. The Morgan fingerprint density at radius 1 is 0.766 bits per heavy atom. The highest BCUT2D eigenvalue weighted by molar-refractivity contribution is 6.22. The van der Waals surface area contributed by atoms with Crippen molar-refractivity contribution in [3.05, 3.63) is 114 Å². The first-order valence-corrected chi connectivity index (χ1v) is 15.7. The van der Waals surface area contributed by atoms with Gasteiger partial charge in [-0.1, -0.05) is 60.7 Å². The molecule has 7 rings (SSSR count). The topological polar surface area (TPSA) is 82.2 Å². The highest BCUT2D eigenvalue weighted by Crippen LogP contribution is 2.42. The number of nitrogens with zero attached hydrogens (tertiary/aromatic N) is 2. The second-order valence-electron chi connectivity index (χ2n) is 12.4. The molecule has 238 valence electrons. The first kappa shape index (κ1) is 30.3. The predicted octanol–water partition coefficient (Wildman–Crippen LogP) is 7.50. The molecule has 0 fully saturated rings. The van der Waals surface area contributed by atoms with Gasteiger partial charge in [0.15, 0.2) is 23.0 Å². The summed E-state index contributed by atoms with van der Waals surface area (Å²) in [7, 11) is 3.20. The largest absolute Gasteiger partial charge is 0.493 e. The van der Waals surface area contributed by atoms with Gasteiger partial charge in [0, 0.05) is 53.8 Å². The summed E-state index contributed by atoms with van der Waals surface area (Å²) < 4.78 is 22.6. The fourth-order valence-electron chi connectivity index (χ4n) is 6.30. The Labute approximate surface area is 273 Å². The van der Waals surface area contributed by atoms with Gasteiger partial charge in [-0.2, -0.15) is 0 Å². The fraction of sp³-hybridized carbons (Fsp3) is 0.231. The lowest BCUT2D eigenvalue weighted by Gasteiger charge is -2.39. The normalized spacial score (nSPS) is 12.6. The Balaban J connectivity index is 1.28. The molecule has 5 aromatic carbocycles. The van der Waals surface area contributed by atoms with E-state index in [0.717, 1.165) is 45.5 Å². The number of fused-ring (bicyclic) bond motifs is 6. The van der Waals surface area contributed by atoms with Crippen molar-refractivity contribution < 1.29 is 23.7 Å². The van der Waals surface area contributed by atoms with Crippen molar-refractivity contribution in [3.63, 3.8) is 0 Å². The van der Waals surface area contributed by atoms with Crippen LogP contribution in [-0.2, 0) is 13.1 Å². The Kier molecular flexibility index (Phi) is 8.03. The van der Waals surface area contributed by atoms with Crippen LogP contribution in [0, 0.1) is 0 Å². The van der Waals surface area contributed by atoms with E-state index in [9.17, 15) is 4.79 Å². The Hall–Kier alpha value is -5.34. The van der Waals surface area contributed by atoms with E-state index >= 15 is 0 Å². The Bertz CT molecular complexity index is 2060. The van der Waals surface area contributed by atoms with E-state index in [4.69, 9.17) is 23.9 Å². The maximum atomic E-state index is 14.3. The van der Waals surface area contributed by atoms with Gasteiger partial charge in [-0.25, -0.2) is 0 Å². The molecule has 8 nitrogen and oxygen atoms in total. The monoisotopic (exact) mass is 627 g/mol. The number of nitrogens with one attached hydrogen (secondary N) is 1. The second kappa shape index (κ2) is 12.5. The molecule has 0 unspecified atom stereocenters. The summed E-state index contributed by atoms with van der Waals surface area (Å²) in [6.45, 7) is 6.42. The van der Waals surface area contributed by atoms with Gasteiger partial charge in [-0.15, -0.1) is 0 Å². The van der Waals surface area contributed by atoms with Gasteiger partial charge in [0.1, 0.15) is 0 Å². The van der Waals surface area contributed by atoms with Crippen LogP contribution >= 0.6 is 0 Å². The number of carbonyl (C=O) groups is 1. The molecular weight excluding hydrogens is 590 g/mol. The number of amides is 1.